The maximum atomic E-state index is 5.87. The van der Waals surface area contributed by atoms with E-state index in [0.29, 0.717) is 22.2 Å². The lowest BCUT2D eigenvalue weighted by Gasteiger charge is -2.10. The standard InChI is InChI=1S/C12H11BrClN3O/c1-18-11-9(13)7-15-12(17-11)16-10-5-3-2-4-8(10)6-14/h2-5,7H,6H2,1H3,(H,15,16,17). The van der Waals surface area contributed by atoms with Crippen LogP contribution in [-0.4, -0.2) is 17.1 Å². The van der Waals surface area contributed by atoms with Crippen LogP contribution in [0.1, 0.15) is 5.56 Å². The molecule has 0 aliphatic carbocycles. The Hall–Kier alpha value is -1.33. The van der Waals surface area contributed by atoms with Gasteiger partial charge in [-0.05, 0) is 27.6 Å². The maximum absolute atomic E-state index is 5.87. The van der Waals surface area contributed by atoms with Crippen molar-refractivity contribution < 1.29 is 4.74 Å². The zero-order chi connectivity index (χ0) is 13.0. The molecule has 0 saturated carbocycles. The first-order valence-electron chi connectivity index (χ1n) is 5.22. The molecule has 1 aromatic heterocycles. The van der Waals surface area contributed by atoms with Gasteiger partial charge in [0.05, 0.1) is 17.8 Å². The maximum Gasteiger partial charge on any atom is 0.232 e. The molecule has 0 amide bonds. The van der Waals surface area contributed by atoms with Gasteiger partial charge >= 0.3 is 0 Å². The molecular weight excluding hydrogens is 318 g/mol. The fraction of sp³-hybridized carbons (Fsp3) is 0.167. The average molecular weight is 329 g/mol. The summed E-state index contributed by atoms with van der Waals surface area (Å²) in [5.74, 6) is 1.38. The summed E-state index contributed by atoms with van der Waals surface area (Å²) in [7, 11) is 1.56. The largest absolute Gasteiger partial charge is 0.480 e. The summed E-state index contributed by atoms with van der Waals surface area (Å²) in [5.41, 5.74) is 1.88. The Bertz CT molecular complexity index is 551. The van der Waals surface area contributed by atoms with Crippen LogP contribution in [0.3, 0.4) is 0 Å². The van der Waals surface area contributed by atoms with Crippen LogP contribution in [-0.2, 0) is 5.88 Å². The van der Waals surface area contributed by atoms with E-state index in [4.69, 9.17) is 16.3 Å². The molecule has 0 bridgehead atoms. The van der Waals surface area contributed by atoms with Crippen molar-refractivity contribution in [3.8, 4) is 5.88 Å². The lowest BCUT2D eigenvalue weighted by atomic mass is 10.2. The molecule has 0 aliphatic heterocycles. The molecular formula is C12H11BrClN3O. The Morgan fingerprint density at radius 1 is 1.39 bits per heavy atom. The van der Waals surface area contributed by atoms with Crippen LogP contribution >= 0.6 is 27.5 Å². The molecule has 18 heavy (non-hydrogen) atoms. The van der Waals surface area contributed by atoms with E-state index in [2.05, 4.69) is 31.2 Å². The first-order chi connectivity index (χ1) is 8.74. The minimum absolute atomic E-state index is 0.427. The zero-order valence-electron chi connectivity index (χ0n) is 9.65. The second-order valence-corrected chi connectivity index (χ2v) is 4.59. The van der Waals surface area contributed by atoms with Crippen LogP contribution in [0.15, 0.2) is 34.9 Å². The zero-order valence-corrected chi connectivity index (χ0v) is 12.0. The number of anilines is 2. The number of methoxy groups -OCH3 is 1. The number of aromatic nitrogens is 2. The average Bonchev–Trinajstić information content (AvgIpc) is 2.41. The van der Waals surface area contributed by atoms with Gasteiger partial charge in [-0.3, -0.25) is 0 Å². The normalized spacial score (nSPS) is 10.2. The lowest BCUT2D eigenvalue weighted by Crippen LogP contribution is -2.01. The van der Waals surface area contributed by atoms with E-state index in [1.54, 1.807) is 13.3 Å². The smallest absolute Gasteiger partial charge is 0.232 e. The number of nitrogens with zero attached hydrogens (tertiary/aromatic N) is 2. The predicted octanol–water partition coefficient (Wildman–Crippen LogP) is 3.73. The third kappa shape index (κ3) is 2.91. The van der Waals surface area contributed by atoms with E-state index < -0.39 is 0 Å². The third-order valence-electron chi connectivity index (χ3n) is 2.31. The Morgan fingerprint density at radius 2 is 2.17 bits per heavy atom. The van der Waals surface area contributed by atoms with Crippen molar-refractivity contribution in [1.82, 2.24) is 9.97 Å². The van der Waals surface area contributed by atoms with Crippen LogP contribution < -0.4 is 10.1 Å². The molecule has 0 unspecified atom stereocenters. The van der Waals surface area contributed by atoms with E-state index in [1.165, 1.54) is 0 Å². The lowest BCUT2D eigenvalue weighted by molar-refractivity contribution is 0.394. The van der Waals surface area contributed by atoms with Gasteiger partial charge in [0, 0.05) is 11.6 Å². The molecule has 0 atom stereocenters. The Labute approximate surface area is 118 Å². The molecule has 2 aromatic rings. The summed E-state index contributed by atoms with van der Waals surface area (Å²) in [6.07, 6.45) is 1.64. The predicted molar refractivity (Wildman–Crippen MR) is 75.6 cm³/mol. The number of rotatable bonds is 4. The summed E-state index contributed by atoms with van der Waals surface area (Å²) >= 11 is 9.17. The molecule has 0 spiro atoms. The van der Waals surface area contributed by atoms with Crippen molar-refractivity contribution in [2.45, 2.75) is 5.88 Å². The van der Waals surface area contributed by atoms with Crippen LogP contribution in [0.25, 0.3) is 0 Å². The number of hydrogen-bond acceptors (Lipinski definition) is 4. The van der Waals surface area contributed by atoms with Crippen LogP contribution in [0, 0.1) is 0 Å². The molecule has 94 valence electrons. The third-order valence-corrected chi connectivity index (χ3v) is 3.14. The second kappa shape index (κ2) is 6.02. The van der Waals surface area contributed by atoms with Crippen LogP contribution in [0.2, 0.25) is 0 Å². The Balaban J connectivity index is 2.28. The van der Waals surface area contributed by atoms with E-state index >= 15 is 0 Å². The Kier molecular flexibility index (Phi) is 4.38. The van der Waals surface area contributed by atoms with E-state index in [9.17, 15) is 0 Å². The molecule has 1 heterocycles. The highest BCUT2D eigenvalue weighted by Gasteiger charge is 2.07. The fourth-order valence-electron chi connectivity index (χ4n) is 1.43. The van der Waals surface area contributed by atoms with Crippen molar-refractivity contribution in [3.63, 3.8) is 0 Å². The molecule has 4 nitrogen and oxygen atoms in total. The van der Waals surface area contributed by atoms with Gasteiger partial charge in [-0.1, -0.05) is 18.2 Å². The van der Waals surface area contributed by atoms with Crippen molar-refractivity contribution in [3.05, 3.63) is 40.5 Å². The summed E-state index contributed by atoms with van der Waals surface area (Å²) in [6.45, 7) is 0. The van der Waals surface area contributed by atoms with Gasteiger partial charge in [0.2, 0.25) is 11.8 Å². The molecule has 1 N–H and O–H groups in total. The van der Waals surface area contributed by atoms with E-state index in [-0.39, 0.29) is 0 Å². The molecule has 0 saturated heterocycles. The first-order valence-corrected chi connectivity index (χ1v) is 6.54. The number of alkyl halides is 1. The highest BCUT2D eigenvalue weighted by molar-refractivity contribution is 9.10. The number of para-hydroxylation sites is 1. The van der Waals surface area contributed by atoms with Crippen molar-refractivity contribution >= 4 is 39.2 Å². The van der Waals surface area contributed by atoms with Gasteiger partial charge in [0.15, 0.2) is 0 Å². The highest BCUT2D eigenvalue weighted by Crippen LogP contribution is 2.25. The summed E-state index contributed by atoms with van der Waals surface area (Å²) < 4.78 is 5.83. The highest BCUT2D eigenvalue weighted by atomic mass is 79.9. The monoisotopic (exact) mass is 327 g/mol. The van der Waals surface area contributed by atoms with Gasteiger partial charge in [0.1, 0.15) is 0 Å². The van der Waals surface area contributed by atoms with Crippen LogP contribution in [0.5, 0.6) is 5.88 Å². The molecule has 0 aliphatic rings. The Morgan fingerprint density at radius 3 is 2.89 bits per heavy atom. The van der Waals surface area contributed by atoms with Gasteiger partial charge in [-0.25, -0.2) is 4.98 Å². The molecule has 0 fully saturated rings. The number of benzene rings is 1. The summed E-state index contributed by atoms with van der Waals surface area (Å²) in [4.78, 5) is 8.39. The number of hydrogen-bond donors (Lipinski definition) is 1. The summed E-state index contributed by atoms with van der Waals surface area (Å²) in [5, 5.41) is 3.12. The second-order valence-electron chi connectivity index (χ2n) is 3.47. The summed E-state index contributed by atoms with van der Waals surface area (Å²) in [6, 6.07) is 7.74. The first kappa shape index (κ1) is 13.1. The fourth-order valence-corrected chi connectivity index (χ4v) is 2.02. The molecule has 1 aromatic carbocycles. The van der Waals surface area contributed by atoms with Gasteiger partial charge in [-0.2, -0.15) is 4.98 Å². The van der Waals surface area contributed by atoms with Gasteiger partial charge in [0.25, 0.3) is 0 Å². The SMILES string of the molecule is COc1nc(Nc2ccccc2CCl)ncc1Br. The van der Waals surface area contributed by atoms with Crippen molar-refractivity contribution in [2.75, 3.05) is 12.4 Å². The number of halogens is 2. The number of ether oxygens (including phenoxy) is 1. The topological polar surface area (TPSA) is 47.0 Å². The van der Waals surface area contributed by atoms with Crippen LogP contribution in [0.4, 0.5) is 11.6 Å². The van der Waals surface area contributed by atoms with Crippen molar-refractivity contribution in [2.24, 2.45) is 0 Å². The minimum Gasteiger partial charge on any atom is -0.480 e. The molecule has 2 rings (SSSR count). The van der Waals surface area contributed by atoms with Gasteiger partial charge in [-0.15, -0.1) is 11.6 Å². The van der Waals surface area contributed by atoms with E-state index in [1.807, 2.05) is 24.3 Å². The van der Waals surface area contributed by atoms with E-state index in [0.717, 1.165) is 11.3 Å². The molecule has 0 radical (unpaired) electrons. The molecule has 6 heteroatoms. The van der Waals surface area contributed by atoms with Crippen molar-refractivity contribution in [1.29, 1.82) is 0 Å². The quantitative estimate of drug-likeness (QED) is 0.869. The van der Waals surface area contributed by atoms with Gasteiger partial charge < -0.3 is 10.1 Å². The number of nitrogens with one attached hydrogen (secondary N) is 1. The minimum atomic E-state index is 0.427.